The highest BCUT2D eigenvalue weighted by Crippen LogP contribution is 2.28. The number of hydrogen-bond acceptors (Lipinski definition) is 2. The molecular formula is C20H22N2O2. The Morgan fingerprint density at radius 2 is 1.83 bits per heavy atom. The molecule has 1 N–H and O–H groups in total. The molecule has 0 spiro atoms. The number of hydrogen-bond donors (Lipinski definition) is 1. The first-order chi connectivity index (χ1) is 11.8. The van der Waals surface area contributed by atoms with E-state index in [1.165, 1.54) is 0 Å². The summed E-state index contributed by atoms with van der Waals surface area (Å²) in [6.07, 6.45) is 0.820. The largest absolute Gasteiger partial charge is 0.385 e. The molecule has 0 aliphatic carbocycles. The molecule has 4 nitrogen and oxygen atoms in total. The normalized spacial score (nSPS) is 10.9. The van der Waals surface area contributed by atoms with Gasteiger partial charge in [-0.3, -0.25) is 4.79 Å². The van der Waals surface area contributed by atoms with Gasteiger partial charge in [0.15, 0.2) is 0 Å². The number of ether oxygens (including phenoxy) is 1. The number of nitrogens with one attached hydrogen (secondary N) is 1. The van der Waals surface area contributed by atoms with E-state index in [0.717, 1.165) is 28.6 Å². The van der Waals surface area contributed by atoms with Gasteiger partial charge in [-0.15, -0.1) is 0 Å². The van der Waals surface area contributed by atoms with E-state index in [1.807, 2.05) is 30.3 Å². The average Bonchev–Trinajstić information content (AvgIpc) is 2.98. The minimum atomic E-state index is 0.0182. The minimum Gasteiger partial charge on any atom is -0.385 e. The van der Waals surface area contributed by atoms with Gasteiger partial charge in [-0.1, -0.05) is 48.5 Å². The van der Waals surface area contributed by atoms with Crippen molar-refractivity contribution in [1.82, 2.24) is 9.88 Å². The number of methoxy groups -OCH3 is 1. The molecule has 0 unspecified atom stereocenters. The van der Waals surface area contributed by atoms with Crippen LogP contribution in [-0.4, -0.2) is 30.7 Å². The number of fused-ring (bicyclic) bond motifs is 1. The van der Waals surface area contributed by atoms with Crippen LogP contribution in [0.2, 0.25) is 0 Å². The maximum absolute atomic E-state index is 12.3. The SMILES string of the molecule is COCCCNC(=O)Cn1c(-c2ccccc2)cc2ccccc21. The summed E-state index contributed by atoms with van der Waals surface area (Å²) < 4.78 is 7.09. The number of carbonyl (C=O) groups excluding carboxylic acids is 1. The Balaban J connectivity index is 1.87. The van der Waals surface area contributed by atoms with Gasteiger partial charge in [0, 0.05) is 36.9 Å². The molecule has 1 amide bonds. The van der Waals surface area contributed by atoms with Crippen molar-refractivity contribution >= 4 is 16.8 Å². The standard InChI is InChI=1S/C20H22N2O2/c1-24-13-7-12-21-20(23)15-22-18-11-6-5-10-17(18)14-19(22)16-8-3-2-4-9-16/h2-6,8-11,14H,7,12-13,15H2,1H3,(H,21,23). The molecule has 2 aromatic carbocycles. The number of nitrogens with zero attached hydrogens (tertiary/aromatic N) is 1. The van der Waals surface area contributed by atoms with E-state index >= 15 is 0 Å². The van der Waals surface area contributed by atoms with Gasteiger partial charge in [0.2, 0.25) is 5.91 Å². The maximum atomic E-state index is 12.3. The summed E-state index contributed by atoms with van der Waals surface area (Å²) in [5, 5.41) is 4.10. The van der Waals surface area contributed by atoms with Crippen LogP contribution in [0.25, 0.3) is 22.2 Å². The number of carbonyl (C=O) groups is 1. The van der Waals surface area contributed by atoms with Crippen LogP contribution in [0, 0.1) is 0 Å². The fourth-order valence-corrected chi connectivity index (χ4v) is 2.87. The Morgan fingerprint density at radius 3 is 2.62 bits per heavy atom. The van der Waals surface area contributed by atoms with Crippen molar-refractivity contribution in [3.63, 3.8) is 0 Å². The highest BCUT2D eigenvalue weighted by atomic mass is 16.5. The summed E-state index contributed by atoms with van der Waals surface area (Å²) in [5.74, 6) is 0.0182. The van der Waals surface area contributed by atoms with Gasteiger partial charge < -0.3 is 14.6 Å². The zero-order valence-electron chi connectivity index (χ0n) is 13.9. The number of benzene rings is 2. The zero-order valence-corrected chi connectivity index (χ0v) is 13.9. The second-order valence-corrected chi connectivity index (χ2v) is 5.74. The second kappa shape index (κ2) is 7.79. The molecule has 3 rings (SSSR count). The molecule has 0 saturated carbocycles. The second-order valence-electron chi connectivity index (χ2n) is 5.74. The summed E-state index contributed by atoms with van der Waals surface area (Å²) in [6.45, 7) is 1.60. The highest BCUT2D eigenvalue weighted by Gasteiger charge is 2.13. The van der Waals surface area contributed by atoms with Gasteiger partial charge in [0.25, 0.3) is 0 Å². The lowest BCUT2D eigenvalue weighted by atomic mass is 10.1. The van der Waals surface area contributed by atoms with Crippen molar-refractivity contribution in [2.24, 2.45) is 0 Å². The van der Waals surface area contributed by atoms with Gasteiger partial charge >= 0.3 is 0 Å². The first-order valence-electron chi connectivity index (χ1n) is 8.19. The fraction of sp³-hybridized carbons (Fsp3) is 0.250. The van der Waals surface area contributed by atoms with Crippen LogP contribution >= 0.6 is 0 Å². The third kappa shape index (κ3) is 3.66. The van der Waals surface area contributed by atoms with Crippen LogP contribution in [0.15, 0.2) is 60.7 Å². The molecule has 0 aliphatic heterocycles. The summed E-state index contributed by atoms with van der Waals surface area (Å²) in [6, 6.07) is 20.5. The van der Waals surface area contributed by atoms with Crippen molar-refractivity contribution in [3.05, 3.63) is 60.7 Å². The monoisotopic (exact) mass is 322 g/mol. The Kier molecular flexibility index (Phi) is 5.29. The molecule has 0 atom stereocenters. The topological polar surface area (TPSA) is 43.3 Å². The third-order valence-electron chi connectivity index (χ3n) is 4.03. The van der Waals surface area contributed by atoms with E-state index in [2.05, 4.69) is 40.2 Å². The molecule has 0 bridgehead atoms. The van der Waals surface area contributed by atoms with Crippen molar-refractivity contribution in [2.45, 2.75) is 13.0 Å². The van der Waals surface area contributed by atoms with Crippen LogP contribution in [0.1, 0.15) is 6.42 Å². The van der Waals surface area contributed by atoms with Crippen LogP contribution in [0.5, 0.6) is 0 Å². The van der Waals surface area contributed by atoms with Gasteiger partial charge in [-0.25, -0.2) is 0 Å². The molecule has 3 aromatic rings. The summed E-state index contributed by atoms with van der Waals surface area (Å²) in [7, 11) is 1.67. The molecule has 0 saturated heterocycles. The van der Waals surface area contributed by atoms with Crippen molar-refractivity contribution in [3.8, 4) is 11.3 Å². The first kappa shape index (κ1) is 16.3. The average molecular weight is 322 g/mol. The minimum absolute atomic E-state index is 0.0182. The molecule has 1 heterocycles. The maximum Gasteiger partial charge on any atom is 0.239 e. The van der Waals surface area contributed by atoms with Crippen molar-refractivity contribution in [2.75, 3.05) is 20.3 Å². The van der Waals surface area contributed by atoms with E-state index in [4.69, 9.17) is 4.74 Å². The van der Waals surface area contributed by atoms with E-state index in [1.54, 1.807) is 7.11 Å². The summed E-state index contributed by atoms with van der Waals surface area (Å²) >= 11 is 0. The Bertz CT molecular complexity index is 809. The van der Waals surface area contributed by atoms with E-state index in [0.29, 0.717) is 19.7 Å². The smallest absolute Gasteiger partial charge is 0.239 e. The lowest BCUT2D eigenvalue weighted by Crippen LogP contribution is -2.29. The molecule has 124 valence electrons. The molecule has 0 aliphatic rings. The van der Waals surface area contributed by atoms with Crippen LogP contribution < -0.4 is 5.32 Å². The van der Waals surface area contributed by atoms with Gasteiger partial charge in [-0.2, -0.15) is 0 Å². The Morgan fingerprint density at radius 1 is 1.08 bits per heavy atom. The predicted octanol–water partition coefficient (Wildman–Crippen LogP) is 3.46. The van der Waals surface area contributed by atoms with Crippen LogP contribution in [0.4, 0.5) is 0 Å². The highest BCUT2D eigenvalue weighted by molar-refractivity contribution is 5.89. The zero-order chi connectivity index (χ0) is 16.8. The molecule has 24 heavy (non-hydrogen) atoms. The van der Waals surface area contributed by atoms with E-state index < -0.39 is 0 Å². The van der Waals surface area contributed by atoms with E-state index in [9.17, 15) is 4.79 Å². The Labute approximate surface area is 142 Å². The lowest BCUT2D eigenvalue weighted by Gasteiger charge is -2.11. The van der Waals surface area contributed by atoms with Crippen LogP contribution in [-0.2, 0) is 16.1 Å². The summed E-state index contributed by atoms with van der Waals surface area (Å²) in [5.41, 5.74) is 3.24. The number of amides is 1. The fourth-order valence-electron chi connectivity index (χ4n) is 2.87. The quantitative estimate of drug-likeness (QED) is 0.677. The van der Waals surface area contributed by atoms with E-state index in [-0.39, 0.29) is 5.91 Å². The van der Waals surface area contributed by atoms with Gasteiger partial charge in [-0.05, 0) is 24.1 Å². The molecule has 1 aromatic heterocycles. The molecular weight excluding hydrogens is 300 g/mol. The Hall–Kier alpha value is -2.59. The van der Waals surface area contributed by atoms with Crippen molar-refractivity contribution in [1.29, 1.82) is 0 Å². The van der Waals surface area contributed by atoms with Gasteiger partial charge in [0.1, 0.15) is 6.54 Å². The molecule has 0 fully saturated rings. The first-order valence-corrected chi connectivity index (χ1v) is 8.19. The lowest BCUT2D eigenvalue weighted by molar-refractivity contribution is -0.121. The molecule has 0 radical (unpaired) electrons. The number of rotatable bonds is 7. The van der Waals surface area contributed by atoms with Crippen LogP contribution in [0.3, 0.4) is 0 Å². The van der Waals surface area contributed by atoms with Crippen molar-refractivity contribution < 1.29 is 9.53 Å². The summed E-state index contributed by atoms with van der Waals surface area (Å²) in [4.78, 5) is 12.3. The predicted molar refractivity (Wildman–Crippen MR) is 96.9 cm³/mol. The number of aromatic nitrogens is 1. The molecule has 4 heteroatoms. The number of para-hydroxylation sites is 1. The van der Waals surface area contributed by atoms with Gasteiger partial charge in [0.05, 0.1) is 0 Å². The third-order valence-corrected chi connectivity index (χ3v) is 4.03.